The summed E-state index contributed by atoms with van der Waals surface area (Å²) in [6, 6.07) is 0. The van der Waals surface area contributed by atoms with Crippen molar-refractivity contribution in [1.29, 1.82) is 0 Å². The molecule has 1 aliphatic carbocycles. The van der Waals surface area contributed by atoms with Crippen LogP contribution in [0.2, 0.25) is 0 Å². The van der Waals surface area contributed by atoms with Crippen molar-refractivity contribution in [1.82, 2.24) is 14.4 Å². The van der Waals surface area contributed by atoms with E-state index in [2.05, 4.69) is 10.1 Å². The largest absolute Gasteiger partial charge is 0.340 e. The SMILES string of the molecule is Cc1nc(C2CCN(S(=O)(=O)CC3CCCC3)CC2)no1. The predicted molar refractivity (Wildman–Crippen MR) is 78.3 cm³/mol. The van der Waals surface area contributed by atoms with E-state index in [1.54, 1.807) is 11.2 Å². The molecule has 21 heavy (non-hydrogen) atoms. The smallest absolute Gasteiger partial charge is 0.223 e. The third kappa shape index (κ3) is 3.45. The molecule has 3 rings (SSSR count). The molecule has 1 aromatic rings. The minimum Gasteiger partial charge on any atom is -0.340 e. The maximum atomic E-state index is 12.5. The summed E-state index contributed by atoms with van der Waals surface area (Å²) in [5, 5.41) is 3.96. The van der Waals surface area contributed by atoms with Gasteiger partial charge in [0.2, 0.25) is 15.9 Å². The number of rotatable bonds is 4. The molecule has 2 aliphatic rings. The lowest BCUT2D eigenvalue weighted by Crippen LogP contribution is -2.40. The maximum Gasteiger partial charge on any atom is 0.223 e. The Hall–Kier alpha value is -0.950. The van der Waals surface area contributed by atoms with Crippen LogP contribution < -0.4 is 0 Å². The van der Waals surface area contributed by atoms with Crippen molar-refractivity contribution in [2.24, 2.45) is 5.92 Å². The van der Waals surface area contributed by atoms with Crippen molar-refractivity contribution in [2.45, 2.75) is 51.4 Å². The van der Waals surface area contributed by atoms with Gasteiger partial charge in [-0.2, -0.15) is 4.98 Å². The van der Waals surface area contributed by atoms with Gasteiger partial charge in [-0.3, -0.25) is 0 Å². The summed E-state index contributed by atoms with van der Waals surface area (Å²) < 4.78 is 31.6. The van der Waals surface area contributed by atoms with Crippen LogP contribution >= 0.6 is 0 Å². The van der Waals surface area contributed by atoms with E-state index < -0.39 is 10.0 Å². The zero-order valence-corrected chi connectivity index (χ0v) is 13.3. The Balaban J connectivity index is 1.57. The van der Waals surface area contributed by atoms with Crippen LogP contribution in [-0.4, -0.2) is 41.7 Å². The highest BCUT2D eigenvalue weighted by molar-refractivity contribution is 7.89. The average molecular weight is 313 g/mol. The highest BCUT2D eigenvalue weighted by Gasteiger charge is 2.32. The molecule has 0 N–H and O–H groups in total. The molecule has 0 atom stereocenters. The molecular weight excluding hydrogens is 290 g/mol. The van der Waals surface area contributed by atoms with Crippen LogP contribution in [0.15, 0.2) is 4.52 Å². The Morgan fingerprint density at radius 1 is 1.19 bits per heavy atom. The van der Waals surface area contributed by atoms with E-state index in [0.717, 1.165) is 31.5 Å². The molecule has 1 aliphatic heterocycles. The summed E-state index contributed by atoms with van der Waals surface area (Å²) in [5.41, 5.74) is 0. The van der Waals surface area contributed by atoms with Crippen LogP contribution in [-0.2, 0) is 10.0 Å². The third-order valence-electron chi connectivity index (χ3n) is 4.68. The number of aromatic nitrogens is 2. The Labute approximate surface area is 126 Å². The predicted octanol–water partition coefficient (Wildman–Crippen LogP) is 2.08. The Morgan fingerprint density at radius 3 is 2.43 bits per heavy atom. The first-order chi connectivity index (χ1) is 10.0. The summed E-state index contributed by atoms with van der Waals surface area (Å²) in [6.07, 6.45) is 6.06. The molecule has 7 heteroatoms. The number of aryl methyl sites for hydroxylation is 1. The van der Waals surface area contributed by atoms with Crippen LogP contribution in [0, 0.1) is 12.8 Å². The van der Waals surface area contributed by atoms with E-state index in [9.17, 15) is 8.42 Å². The van der Waals surface area contributed by atoms with Crippen molar-refractivity contribution < 1.29 is 12.9 Å². The van der Waals surface area contributed by atoms with Crippen LogP contribution in [0.1, 0.15) is 56.2 Å². The van der Waals surface area contributed by atoms with Crippen molar-refractivity contribution in [3.63, 3.8) is 0 Å². The van der Waals surface area contributed by atoms with Gasteiger partial charge in [-0.15, -0.1) is 0 Å². The van der Waals surface area contributed by atoms with Gasteiger partial charge in [0.15, 0.2) is 5.82 Å². The van der Waals surface area contributed by atoms with Gasteiger partial charge in [-0.1, -0.05) is 18.0 Å². The van der Waals surface area contributed by atoms with Gasteiger partial charge in [0, 0.05) is 25.9 Å². The molecule has 1 saturated carbocycles. The van der Waals surface area contributed by atoms with Crippen LogP contribution in [0.5, 0.6) is 0 Å². The van der Waals surface area contributed by atoms with E-state index in [0.29, 0.717) is 30.7 Å². The molecule has 1 aromatic heterocycles. The summed E-state index contributed by atoms with van der Waals surface area (Å²) in [7, 11) is -3.10. The standard InChI is InChI=1S/C14H23N3O3S/c1-11-15-14(16-20-11)13-6-8-17(9-7-13)21(18,19)10-12-4-2-3-5-12/h12-13H,2-10H2,1H3. The molecule has 1 saturated heterocycles. The van der Waals surface area contributed by atoms with E-state index in [1.807, 2.05) is 0 Å². The number of hydrogen-bond donors (Lipinski definition) is 0. The highest BCUT2D eigenvalue weighted by Crippen LogP contribution is 2.30. The van der Waals surface area contributed by atoms with E-state index in [4.69, 9.17) is 4.52 Å². The lowest BCUT2D eigenvalue weighted by Gasteiger charge is -2.30. The molecule has 6 nitrogen and oxygen atoms in total. The topological polar surface area (TPSA) is 76.3 Å². The minimum absolute atomic E-state index is 0.223. The highest BCUT2D eigenvalue weighted by atomic mass is 32.2. The normalized spacial score (nSPS) is 22.9. The van der Waals surface area contributed by atoms with Crippen molar-refractivity contribution in [2.75, 3.05) is 18.8 Å². The summed E-state index contributed by atoms with van der Waals surface area (Å²) in [6.45, 7) is 2.93. The Kier molecular flexibility index (Phi) is 4.31. The van der Waals surface area contributed by atoms with Gasteiger partial charge in [0.05, 0.1) is 5.75 Å². The lowest BCUT2D eigenvalue weighted by molar-refractivity contribution is 0.304. The van der Waals surface area contributed by atoms with Crippen molar-refractivity contribution in [3.05, 3.63) is 11.7 Å². The number of sulfonamides is 1. The first kappa shape index (κ1) is 15.0. The second-order valence-electron chi connectivity index (χ2n) is 6.27. The third-order valence-corrected chi connectivity index (χ3v) is 6.72. The van der Waals surface area contributed by atoms with Crippen LogP contribution in [0.3, 0.4) is 0 Å². The molecule has 0 radical (unpaired) electrons. The monoisotopic (exact) mass is 313 g/mol. The molecule has 118 valence electrons. The molecule has 2 heterocycles. The quantitative estimate of drug-likeness (QED) is 0.850. The molecule has 0 unspecified atom stereocenters. The first-order valence-corrected chi connectivity index (χ1v) is 9.43. The molecule has 0 aromatic carbocycles. The fourth-order valence-electron chi connectivity index (χ4n) is 3.45. The van der Waals surface area contributed by atoms with Crippen molar-refractivity contribution in [3.8, 4) is 0 Å². The molecule has 0 spiro atoms. The summed E-state index contributed by atoms with van der Waals surface area (Å²) >= 11 is 0. The average Bonchev–Trinajstić information content (AvgIpc) is 3.10. The fraction of sp³-hybridized carbons (Fsp3) is 0.857. The van der Waals surface area contributed by atoms with Crippen LogP contribution in [0.25, 0.3) is 0 Å². The van der Waals surface area contributed by atoms with Gasteiger partial charge in [0.1, 0.15) is 0 Å². The zero-order valence-electron chi connectivity index (χ0n) is 12.5. The molecule has 2 fully saturated rings. The van der Waals surface area contributed by atoms with Gasteiger partial charge < -0.3 is 4.52 Å². The maximum absolute atomic E-state index is 12.5. The minimum atomic E-state index is -3.10. The summed E-state index contributed by atoms with van der Waals surface area (Å²) in [4.78, 5) is 4.26. The molecule has 0 amide bonds. The number of piperidine rings is 1. The van der Waals surface area contributed by atoms with Crippen LogP contribution in [0.4, 0.5) is 0 Å². The second-order valence-corrected chi connectivity index (χ2v) is 8.29. The van der Waals surface area contributed by atoms with Gasteiger partial charge in [0.25, 0.3) is 0 Å². The Bertz CT molecular complexity index is 570. The van der Waals surface area contributed by atoms with Gasteiger partial charge in [-0.25, -0.2) is 12.7 Å². The Morgan fingerprint density at radius 2 is 1.86 bits per heavy atom. The lowest BCUT2D eigenvalue weighted by atomic mass is 9.98. The van der Waals surface area contributed by atoms with E-state index in [-0.39, 0.29) is 5.92 Å². The van der Waals surface area contributed by atoms with Gasteiger partial charge >= 0.3 is 0 Å². The fourth-order valence-corrected chi connectivity index (χ4v) is 5.36. The van der Waals surface area contributed by atoms with E-state index in [1.165, 1.54) is 12.8 Å². The number of hydrogen-bond acceptors (Lipinski definition) is 5. The van der Waals surface area contributed by atoms with Gasteiger partial charge in [-0.05, 0) is 31.6 Å². The first-order valence-electron chi connectivity index (χ1n) is 7.82. The summed E-state index contributed by atoms with van der Waals surface area (Å²) in [5.74, 6) is 2.22. The molecular formula is C14H23N3O3S. The number of nitrogens with zero attached hydrogens (tertiary/aromatic N) is 3. The zero-order chi connectivity index (χ0) is 14.9. The van der Waals surface area contributed by atoms with E-state index >= 15 is 0 Å². The second kappa shape index (κ2) is 6.04. The van der Waals surface area contributed by atoms with Crippen molar-refractivity contribution >= 4 is 10.0 Å². The molecule has 0 bridgehead atoms.